The highest BCUT2D eigenvalue weighted by molar-refractivity contribution is 7.22. The van der Waals surface area contributed by atoms with E-state index >= 15 is 0 Å². The highest BCUT2D eigenvalue weighted by atomic mass is 35.5. The summed E-state index contributed by atoms with van der Waals surface area (Å²) in [7, 11) is 3.18. The Labute approximate surface area is 208 Å². The van der Waals surface area contributed by atoms with E-state index in [1.807, 2.05) is 36.4 Å². The quantitative estimate of drug-likeness (QED) is 0.395. The molecule has 0 spiro atoms. The number of carbonyl (C=O) groups excluding carboxylic acids is 1. The number of amides is 1. The van der Waals surface area contributed by atoms with Gasteiger partial charge in [0.25, 0.3) is 5.91 Å². The van der Waals surface area contributed by atoms with Crippen LogP contribution in [0.4, 0.5) is 5.13 Å². The lowest BCUT2D eigenvalue weighted by Crippen LogP contribution is -2.39. The number of hydrogen-bond donors (Lipinski definition) is 0. The van der Waals surface area contributed by atoms with E-state index in [-0.39, 0.29) is 5.91 Å². The van der Waals surface area contributed by atoms with E-state index in [1.54, 1.807) is 31.3 Å². The summed E-state index contributed by atoms with van der Waals surface area (Å²) in [5, 5.41) is 1.32. The van der Waals surface area contributed by atoms with Gasteiger partial charge in [-0.3, -0.25) is 14.6 Å². The third-order valence-corrected chi connectivity index (χ3v) is 6.90. The fourth-order valence-corrected chi connectivity index (χ4v) is 5.07. The lowest BCUT2D eigenvalue weighted by molar-refractivity contribution is -0.114. The first-order valence-electron chi connectivity index (χ1n) is 11.1. The number of fused-ring (bicyclic) bond motifs is 1. The molecule has 1 saturated heterocycles. The summed E-state index contributed by atoms with van der Waals surface area (Å²) in [5.74, 6) is 1.13. The van der Waals surface area contributed by atoms with Crippen LogP contribution in [0.2, 0.25) is 5.02 Å². The van der Waals surface area contributed by atoms with E-state index in [1.165, 1.54) is 11.3 Å². The van der Waals surface area contributed by atoms with E-state index in [4.69, 9.17) is 30.8 Å². The number of aromatic nitrogens is 1. The Bertz CT molecular complexity index is 1160. The van der Waals surface area contributed by atoms with Crippen molar-refractivity contribution in [3.63, 3.8) is 0 Å². The SMILES string of the molecule is COc1ccc(/C=C/C(=O)N(CCCN2CCOCC2)c2nc3ccc(Cl)cc3s2)cc1OC. The number of halogens is 1. The molecule has 3 aromatic rings. The maximum absolute atomic E-state index is 13.3. The molecule has 34 heavy (non-hydrogen) atoms. The molecule has 9 heteroatoms. The van der Waals surface area contributed by atoms with Crippen LogP contribution in [0.25, 0.3) is 16.3 Å². The van der Waals surface area contributed by atoms with Crippen molar-refractivity contribution < 1.29 is 19.0 Å². The second-order valence-electron chi connectivity index (χ2n) is 7.85. The summed E-state index contributed by atoms with van der Waals surface area (Å²) in [6.07, 6.45) is 4.20. The zero-order valence-electron chi connectivity index (χ0n) is 19.3. The van der Waals surface area contributed by atoms with Gasteiger partial charge in [0.2, 0.25) is 0 Å². The van der Waals surface area contributed by atoms with Crippen molar-refractivity contribution in [2.24, 2.45) is 0 Å². The highest BCUT2D eigenvalue weighted by Crippen LogP contribution is 2.31. The molecule has 1 aliphatic rings. The average molecular weight is 502 g/mol. The van der Waals surface area contributed by atoms with Crippen molar-refractivity contribution in [3.05, 3.63) is 53.1 Å². The fraction of sp³-hybridized carbons (Fsp3) is 0.360. The van der Waals surface area contributed by atoms with Gasteiger partial charge in [-0.15, -0.1) is 0 Å². The highest BCUT2D eigenvalue weighted by Gasteiger charge is 2.19. The van der Waals surface area contributed by atoms with E-state index in [2.05, 4.69) is 4.90 Å². The predicted molar refractivity (Wildman–Crippen MR) is 137 cm³/mol. The Morgan fingerprint density at radius 3 is 2.74 bits per heavy atom. The van der Waals surface area contributed by atoms with Gasteiger partial charge in [0.05, 0.1) is 37.6 Å². The monoisotopic (exact) mass is 501 g/mol. The minimum Gasteiger partial charge on any atom is -0.493 e. The molecule has 0 saturated carbocycles. The first-order valence-corrected chi connectivity index (χ1v) is 12.3. The number of hydrogen-bond acceptors (Lipinski definition) is 7. The maximum Gasteiger partial charge on any atom is 0.252 e. The van der Waals surface area contributed by atoms with Crippen LogP contribution in [-0.2, 0) is 9.53 Å². The van der Waals surface area contributed by atoms with E-state index < -0.39 is 0 Å². The Morgan fingerprint density at radius 1 is 1.18 bits per heavy atom. The van der Waals surface area contributed by atoms with Crippen LogP contribution in [-0.4, -0.2) is 69.4 Å². The number of ether oxygens (including phenoxy) is 3. The van der Waals surface area contributed by atoms with Crippen molar-refractivity contribution in [2.45, 2.75) is 6.42 Å². The molecule has 1 fully saturated rings. The normalized spacial score (nSPS) is 14.6. The van der Waals surface area contributed by atoms with Gasteiger partial charge in [-0.1, -0.05) is 29.0 Å². The van der Waals surface area contributed by atoms with Crippen LogP contribution in [0.15, 0.2) is 42.5 Å². The summed E-state index contributed by atoms with van der Waals surface area (Å²) >= 11 is 7.63. The van der Waals surface area contributed by atoms with Crippen LogP contribution in [0.5, 0.6) is 11.5 Å². The first-order chi connectivity index (χ1) is 16.6. The largest absolute Gasteiger partial charge is 0.493 e. The molecule has 7 nitrogen and oxygen atoms in total. The molecule has 1 aromatic heterocycles. The lowest BCUT2D eigenvalue weighted by atomic mass is 10.2. The van der Waals surface area contributed by atoms with Gasteiger partial charge in [0.15, 0.2) is 16.6 Å². The zero-order chi connectivity index (χ0) is 23.9. The Balaban J connectivity index is 1.53. The van der Waals surface area contributed by atoms with Crippen molar-refractivity contribution in [1.29, 1.82) is 0 Å². The third-order valence-electron chi connectivity index (χ3n) is 5.62. The van der Waals surface area contributed by atoms with Crippen molar-refractivity contribution >= 4 is 50.3 Å². The van der Waals surface area contributed by atoms with Crippen LogP contribution in [0.1, 0.15) is 12.0 Å². The van der Waals surface area contributed by atoms with E-state index in [9.17, 15) is 4.79 Å². The number of methoxy groups -OCH3 is 2. The number of thiazole rings is 1. The van der Waals surface area contributed by atoms with Gasteiger partial charge in [-0.2, -0.15) is 0 Å². The standard InChI is InChI=1S/C25H28ClN3O4S/c1-31-21-8-4-18(16-22(21)32-2)5-9-24(30)29(11-3-10-28-12-14-33-15-13-28)25-27-20-7-6-19(26)17-23(20)34-25/h4-9,16-17H,3,10-15H2,1-2H3/b9-5+. The Hall–Kier alpha value is -2.65. The molecule has 2 aromatic carbocycles. The number of carbonyl (C=O) groups is 1. The number of morpholine rings is 1. The number of nitrogens with zero attached hydrogens (tertiary/aromatic N) is 3. The van der Waals surface area contributed by atoms with Crippen molar-refractivity contribution in [1.82, 2.24) is 9.88 Å². The molecule has 0 unspecified atom stereocenters. The minimum absolute atomic E-state index is 0.123. The first kappa shape index (κ1) is 24.5. The number of benzene rings is 2. The van der Waals surface area contributed by atoms with Gasteiger partial charge in [0.1, 0.15) is 0 Å². The van der Waals surface area contributed by atoms with Crippen LogP contribution < -0.4 is 14.4 Å². The molecule has 1 amide bonds. The molecular formula is C25H28ClN3O4S. The molecule has 4 rings (SSSR count). The summed E-state index contributed by atoms with van der Waals surface area (Å²) in [5.41, 5.74) is 1.68. The van der Waals surface area contributed by atoms with Crippen LogP contribution in [0, 0.1) is 0 Å². The fourth-order valence-electron chi connectivity index (χ4n) is 3.79. The number of anilines is 1. The molecule has 0 N–H and O–H groups in total. The molecular weight excluding hydrogens is 474 g/mol. The van der Waals surface area contributed by atoms with Crippen LogP contribution >= 0.6 is 22.9 Å². The average Bonchev–Trinajstić information content (AvgIpc) is 3.28. The summed E-state index contributed by atoms with van der Waals surface area (Å²) < 4.78 is 17.0. The van der Waals surface area contributed by atoms with E-state index in [0.29, 0.717) is 28.2 Å². The lowest BCUT2D eigenvalue weighted by Gasteiger charge is -2.27. The molecule has 1 aliphatic heterocycles. The van der Waals surface area contributed by atoms with Gasteiger partial charge in [0, 0.05) is 37.3 Å². The molecule has 180 valence electrons. The van der Waals surface area contributed by atoms with Gasteiger partial charge >= 0.3 is 0 Å². The van der Waals surface area contributed by atoms with Gasteiger partial charge in [-0.05, 0) is 48.4 Å². The van der Waals surface area contributed by atoms with Gasteiger partial charge < -0.3 is 14.2 Å². The molecule has 0 atom stereocenters. The van der Waals surface area contributed by atoms with Crippen molar-refractivity contribution in [2.75, 3.05) is 58.5 Å². The Morgan fingerprint density at radius 2 is 1.97 bits per heavy atom. The maximum atomic E-state index is 13.3. The molecule has 0 aliphatic carbocycles. The predicted octanol–water partition coefficient (Wildman–Crippen LogP) is 4.74. The van der Waals surface area contributed by atoms with Crippen LogP contribution in [0.3, 0.4) is 0 Å². The molecule has 0 radical (unpaired) electrons. The Kier molecular flexibility index (Phi) is 8.39. The summed E-state index contributed by atoms with van der Waals surface area (Å²) in [4.78, 5) is 22.1. The molecule has 2 heterocycles. The summed E-state index contributed by atoms with van der Waals surface area (Å²) in [6.45, 7) is 4.84. The second-order valence-corrected chi connectivity index (χ2v) is 9.30. The molecule has 0 bridgehead atoms. The van der Waals surface area contributed by atoms with E-state index in [0.717, 1.165) is 55.0 Å². The second kappa shape index (κ2) is 11.7. The smallest absolute Gasteiger partial charge is 0.252 e. The number of rotatable bonds is 9. The zero-order valence-corrected chi connectivity index (χ0v) is 20.9. The van der Waals surface area contributed by atoms with Gasteiger partial charge in [-0.25, -0.2) is 4.98 Å². The minimum atomic E-state index is -0.123. The van der Waals surface area contributed by atoms with Crippen molar-refractivity contribution in [3.8, 4) is 11.5 Å². The topological polar surface area (TPSA) is 64.1 Å². The third kappa shape index (κ3) is 6.07. The summed E-state index contributed by atoms with van der Waals surface area (Å²) in [6, 6.07) is 11.1.